The average Bonchev–Trinajstić information content (AvgIpc) is 3.18. The first kappa shape index (κ1) is 26.3. The van der Waals surface area contributed by atoms with E-state index in [1.807, 2.05) is 23.9 Å². The highest BCUT2D eigenvalue weighted by Gasteiger charge is 2.22. The molecule has 3 rings (SSSR count). The number of aryl methyl sites for hydroxylation is 1. The zero-order valence-corrected chi connectivity index (χ0v) is 20.9. The molecule has 2 heterocycles. The third-order valence-corrected chi connectivity index (χ3v) is 7.32. The summed E-state index contributed by atoms with van der Waals surface area (Å²) in [5, 5.41) is 18.4. The largest absolute Gasteiger partial charge is 0.508 e. The maximum atomic E-state index is 11.8. The number of aromatic nitrogens is 1. The summed E-state index contributed by atoms with van der Waals surface area (Å²) in [6, 6.07) is 3.85. The van der Waals surface area contributed by atoms with Crippen LogP contribution in [0.2, 0.25) is 0 Å². The Labute approximate surface area is 205 Å². The van der Waals surface area contributed by atoms with Crippen molar-refractivity contribution in [1.29, 1.82) is 0 Å². The van der Waals surface area contributed by atoms with Crippen LogP contribution < -0.4 is 16.5 Å². The van der Waals surface area contributed by atoms with Gasteiger partial charge in [-0.1, -0.05) is 13.8 Å². The van der Waals surface area contributed by atoms with Crippen molar-refractivity contribution < 1.29 is 19.5 Å². The lowest BCUT2D eigenvalue weighted by atomic mass is 9.93. The van der Waals surface area contributed by atoms with Gasteiger partial charge in [0.2, 0.25) is 11.8 Å². The molecule has 1 aliphatic heterocycles. The van der Waals surface area contributed by atoms with Crippen LogP contribution in [-0.4, -0.2) is 65.3 Å². The van der Waals surface area contributed by atoms with Crippen molar-refractivity contribution in [3.05, 3.63) is 23.3 Å². The fourth-order valence-corrected chi connectivity index (χ4v) is 5.45. The van der Waals surface area contributed by atoms with Crippen LogP contribution in [0.15, 0.2) is 17.2 Å². The molecule has 1 saturated heterocycles. The number of piperidine rings is 1. The molecule has 0 saturated carbocycles. The summed E-state index contributed by atoms with van der Waals surface area (Å²) in [6.45, 7) is 7.22. The summed E-state index contributed by atoms with van der Waals surface area (Å²) in [7, 11) is 0. The molecule has 34 heavy (non-hydrogen) atoms. The Balaban J connectivity index is 1.48. The topological polar surface area (TPSA) is 133 Å². The van der Waals surface area contributed by atoms with Crippen molar-refractivity contribution in [1.82, 2.24) is 20.5 Å². The van der Waals surface area contributed by atoms with E-state index in [9.17, 15) is 14.7 Å². The number of thioether (sulfide) groups is 1. The number of fused-ring (bicyclic) bond motifs is 1. The van der Waals surface area contributed by atoms with Gasteiger partial charge >= 0.3 is 0 Å². The summed E-state index contributed by atoms with van der Waals surface area (Å²) in [6.07, 6.45) is 3.98. The Morgan fingerprint density at radius 3 is 2.65 bits per heavy atom. The Kier molecular flexibility index (Phi) is 10.1. The van der Waals surface area contributed by atoms with E-state index in [2.05, 4.69) is 39.2 Å². The predicted octanol–water partition coefficient (Wildman–Crippen LogP) is 2.27. The average molecular weight is 492 g/mol. The van der Waals surface area contributed by atoms with Crippen molar-refractivity contribution in [2.75, 3.05) is 38.5 Å². The number of carbonyl (C=O) groups is 2. The molecule has 188 valence electrons. The van der Waals surface area contributed by atoms with E-state index in [1.54, 1.807) is 0 Å². The molecule has 0 atom stereocenters. The van der Waals surface area contributed by atoms with Gasteiger partial charge in [0.05, 0.1) is 17.1 Å². The zero-order valence-electron chi connectivity index (χ0n) is 20.1. The number of aromatic amines is 1. The first-order valence-electron chi connectivity index (χ1n) is 12.0. The van der Waals surface area contributed by atoms with Gasteiger partial charge in [0, 0.05) is 24.0 Å². The molecular weight excluding hydrogens is 454 g/mol. The summed E-state index contributed by atoms with van der Waals surface area (Å²) in [4.78, 5) is 33.3. The van der Waals surface area contributed by atoms with Gasteiger partial charge in [0.15, 0.2) is 0 Å². The van der Waals surface area contributed by atoms with Gasteiger partial charge in [-0.05, 0) is 68.1 Å². The molecule has 0 bridgehead atoms. The van der Waals surface area contributed by atoms with Gasteiger partial charge in [-0.3, -0.25) is 19.3 Å². The molecular formula is C24H37N5O4S. The third-order valence-electron chi connectivity index (χ3n) is 6.39. The number of rotatable bonds is 12. The number of nitrogens with zero attached hydrogens (tertiary/aromatic N) is 1. The third kappa shape index (κ3) is 6.88. The van der Waals surface area contributed by atoms with Gasteiger partial charge < -0.3 is 20.7 Å². The summed E-state index contributed by atoms with van der Waals surface area (Å²) >= 11 is 1.82. The zero-order chi connectivity index (χ0) is 24.5. The molecule has 1 aromatic heterocycles. The first-order valence-corrected chi connectivity index (χ1v) is 13.0. The van der Waals surface area contributed by atoms with Crippen LogP contribution in [0.3, 0.4) is 0 Å². The lowest BCUT2D eigenvalue weighted by molar-refractivity contribution is -0.129. The van der Waals surface area contributed by atoms with Crippen LogP contribution in [0.25, 0.3) is 10.9 Å². The highest BCUT2D eigenvalue weighted by molar-refractivity contribution is 7.99. The molecule has 2 aromatic rings. The monoisotopic (exact) mass is 491 g/mol. The maximum Gasteiger partial charge on any atom is 0.248 e. The number of nitrogens with two attached hydrogens (primary N) is 1. The van der Waals surface area contributed by atoms with Crippen LogP contribution >= 0.6 is 11.8 Å². The molecule has 1 fully saturated rings. The summed E-state index contributed by atoms with van der Waals surface area (Å²) in [5.41, 5.74) is 3.36. The van der Waals surface area contributed by atoms with Crippen LogP contribution in [0.5, 0.6) is 5.75 Å². The Hall–Kier alpha value is -2.27. The molecule has 6 N–H and O–H groups in total. The smallest absolute Gasteiger partial charge is 0.248 e. The fraction of sp³-hybridized carbons (Fsp3) is 0.583. The van der Waals surface area contributed by atoms with E-state index >= 15 is 0 Å². The highest BCUT2D eigenvalue weighted by Crippen LogP contribution is 2.36. The highest BCUT2D eigenvalue weighted by atomic mass is 32.2. The van der Waals surface area contributed by atoms with Crippen molar-refractivity contribution >= 4 is 34.5 Å². The number of hydrogen-bond acceptors (Lipinski definition) is 7. The molecule has 9 nitrogen and oxygen atoms in total. The normalized spacial score (nSPS) is 15.0. The second-order valence-corrected chi connectivity index (χ2v) is 9.93. The van der Waals surface area contributed by atoms with Crippen molar-refractivity contribution in [2.45, 2.75) is 51.1 Å². The molecule has 0 radical (unpaired) electrons. The van der Waals surface area contributed by atoms with Gasteiger partial charge in [-0.15, -0.1) is 11.8 Å². The number of likely N-dealkylation sites (tertiary alicyclic amines) is 1. The lowest BCUT2D eigenvalue weighted by Crippen LogP contribution is -2.40. The minimum atomic E-state index is -0.419. The summed E-state index contributed by atoms with van der Waals surface area (Å²) in [5.74, 6) is 6.09. The number of amides is 2. The molecule has 10 heteroatoms. The number of H-pyrrole nitrogens is 1. The first-order chi connectivity index (χ1) is 16.5. The van der Waals surface area contributed by atoms with E-state index in [0.717, 1.165) is 62.2 Å². The van der Waals surface area contributed by atoms with Crippen LogP contribution in [0, 0.1) is 5.92 Å². The van der Waals surface area contributed by atoms with E-state index < -0.39 is 5.91 Å². The Bertz CT molecular complexity index is 972. The van der Waals surface area contributed by atoms with Gasteiger partial charge in [0.25, 0.3) is 0 Å². The second kappa shape index (κ2) is 13.0. The van der Waals surface area contributed by atoms with Crippen molar-refractivity contribution in [3.8, 4) is 5.75 Å². The molecule has 1 aromatic carbocycles. The number of phenolic OH excluding ortho intramolecular Hbond substituents is 1. The molecule has 1 aliphatic rings. The van der Waals surface area contributed by atoms with E-state index in [-0.39, 0.29) is 19.1 Å². The molecule has 0 spiro atoms. The standard InChI is InChI=1S/C24H37N5O4S/c1-3-17-18-5-6-20(30)19(23(18)28-24(17)34-4-2)14-29-11-8-16(9-12-29)7-10-26-21(31)13-27-22(32)15-33-25/h5-6,16,28,30H,3-4,7-15,25H2,1-2H3,(H,26,31)(H,27,32). The predicted molar refractivity (Wildman–Crippen MR) is 135 cm³/mol. The van der Waals surface area contributed by atoms with Crippen LogP contribution in [0.1, 0.15) is 44.2 Å². The number of benzene rings is 1. The molecule has 0 unspecified atom stereocenters. The minimum absolute atomic E-state index is 0.0767. The SMILES string of the molecule is CCSc1[nH]c2c(CN3CCC(CCNC(=O)CNC(=O)CON)CC3)c(O)ccc2c1CC. The number of hydrogen-bond donors (Lipinski definition) is 5. The molecule has 2 amide bonds. The Morgan fingerprint density at radius 2 is 1.97 bits per heavy atom. The Morgan fingerprint density at radius 1 is 1.21 bits per heavy atom. The van der Waals surface area contributed by atoms with E-state index in [0.29, 0.717) is 18.2 Å². The number of aromatic hydroxyl groups is 1. The quantitative estimate of drug-likeness (QED) is 0.227. The van der Waals surface area contributed by atoms with Crippen LogP contribution in [-0.2, 0) is 27.4 Å². The number of nitrogens with one attached hydrogen (secondary N) is 3. The van der Waals surface area contributed by atoms with Gasteiger partial charge in [-0.2, -0.15) is 0 Å². The number of carbonyl (C=O) groups excluding carboxylic acids is 2. The lowest BCUT2D eigenvalue weighted by Gasteiger charge is -2.32. The van der Waals surface area contributed by atoms with E-state index in [4.69, 9.17) is 5.90 Å². The second-order valence-electron chi connectivity index (χ2n) is 8.65. The molecule has 0 aliphatic carbocycles. The van der Waals surface area contributed by atoms with E-state index in [1.165, 1.54) is 16.0 Å². The fourth-order valence-electron chi connectivity index (χ4n) is 4.56. The minimum Gasteiger partial charge on any atom is -0.508 e. The van der Waals surface area contributed by atoms with Crippen LogP contribution in [0.4, 0.5) is 0 Å². The van der Waals surface area contributed by atoms with Gasteiger partial charge in [-0.25, -0.2) is 5.90 Å². The maximum absolute atomic E-state index is 11.8. The summed E-state index contributed by atoms with van der Waals surface area (Å²) < 4.78 is 0. The van der Waals surface area contributed by atoms with Crippen molar-refractivity contribution in [2.24, 2.45) is 11.8 Å². The van der Waals surface area contributed by atoms with Crippen molar-refractivity contribution in [3.63, 3.8) is 0 Å². The number of phenols is 1. The van der Waals surface area contributed by atoms with Gasteiger partial charge in [0.1, 0.15) is 12.4 Å².